The van der Waals surface area contributed by atoms with Crippen LogP contribution in [0.3, 0.4) is 0 Å². The van der Waals surface area contributed by atoms with Gasteiger partial charge in [0.25, 0.3) is 0 Å². The fourth-order valence-electron chi connectivity index (χ4n) is 2.29. The minimum Gasteiger partial charge on any atom is -0.495 e. The first-order chi connectivity index (χ1) is 9.63. The van der Waals surface area contributed by atoms with Gasteiger partial charge in [-0.2, -0.15) is 11.3 Å². The Morgan fingerprint density at radius 1 is 1.15 bits per heavy atom. The zero-order valence-electron chi connectivity index (χ0n) is 12.0. The summed E-state index contributed by atoms with van der Waals surface area (Å²) < 4.78 is 11.7. The highest BCUT2D eigenvalue weighted by Crippen LogP contribution is 2.41. The smallest absolute Gasteiger partial charge is 0.141 e. The van der Waals surface area contributed by atoms with Crippen LogP contribution in [0.4, 0.5) is 0 Å². The largest absolute Gasteiger partial charge is 0.495 e. The first-order valence-electron chi connectivity index (χ1n) is 6.24. The first kappa shape index (κ1) is 15.4. The van der Waals surface area contributed by atoms with E-state index in [0.717, 1.165) is 21.5 Å². The summed E-state index contributed by atoms with van der Waals surface area (Å²) in [5, 5.41) is 7.70. The lowest BCUT2D eigenvalue weighted by Crippen LogP contribution is -2.19. The average Bonchev–Trinajstić information content (AvgIpc) is 2.86. The van der Waals surface area contributed by atoms with Crippen molar-refractivity contribution in [3.8, 4) is 11.5 Å². The minimum absolute atomic E-state index is 0.0957. The summed E-state index contributed by atoms with van der Waals surface area (Å²) in [5.74, 6) is 1.57. The molecule has 1 atom stereocenters. The normalized spacial score (nSPS) is 12.2. The second kappa shape index (κ2) is 6.61. The molecule has 0 aliphatic carbocycles. The third kappa shape index (κ3) is 2.71. The van der Waals surface area contributed by atoms with Crippen LogP contribution in [-0.4, -0.2) is 21.3 Å². The van der Waals surface area contributed by atoms with Crippen LogP contribution in [0.5, 0.6) is 11.5 Å². The van der Waals surface area contributed by atoms with E-state index in [4.69, 9.17) is 9.47 Å². The number of halogens is 1. The molecule has 1 N–H and O–H groups in total. The van der Waals surface area contributed by atoms with Gasteiger partial charge in [0.05, 0.1) is 20.3 Å². The van der Waals surface area contributed by atoms with Crippen molar-refractivity contribution in [2.24, 2.45) is 0 Å². The molecule has 0 saturated heterocycles. The van der Waals surface area contributed by atoms with Crippen LogP contribution >= 0.6 is 27.3 Å². The molecule has 0 saturated carbocycles. The molecule has 0 aliphatic rings. The van der Waals surface area contributed by atoms with Gasteiger partial charge in [-0.15, -0.1) is 0 Å². The van der Waals surface area contributed by atoms with Crippen LogP contribution in [0, 0.1) is 6.92 Å². The van der Waals surface area contributed by atoms with E-state index in [9.17, 15) is 0 Å². The summed E-state index contributed by atoms with van der Waals surface area (Å²) in [5.41, 5.74) is 3.64. The van der Waals surface area contributed by atoms with Crippen LogP contribution in [0.2, 0.25) is 0 Å². The number of benzene rings is 1. The highest BCUT2D eigenvalue weighted by atomic mass is 79.9. The summed E-state index contributed by atoms with van der Waals surface area (Å²) in [4.78, 5) is 0. The molecule has 2 aromatic rings. The van der Waals surface area contributed by atoms with Gasteiger partial charge in [0, 0.05) is 5.56 Å². The molecule has 3 nitrogen and oxygen atoms in total. The molecule has 1 heterocycles. The third-order valence-electron chi connectivity index (χ3n) is 3.32. The van der Waals surface area contributed by atoms with E-state index in [1.807, 2.05) is 19.2 Å². The first-order valence-corrected chi connectivity index (χ1v) is 7.97. The summed E-state index contributed by atoms with van der Waals surface area (Å²) >= 11 is 5.27. The monoisotopic (exact) mass is 355 g/mol. The van der Waals surface area contributed by atoms with Crippen LogP contribution in [0.25, 0.3) is 0 Å². The van der Waals surface area contributed by atoms with Gasteiger partial charge in [0.15, 0.2) is 0 Å². The van der Waals surface area contributed by atoms with Crippen LogP contribution in [0.1, 0.15) is 22.7 Å². The molecule has 108 valence electrons. The second-order valence-electron chi connectivity index (χ2n) is 4.44. The Bertz CT molecular complexity index is 598. The lowest BCUT2D eigenvalue weighted by molar-refractivity contribution is 0.383. The van der Waals surface area contributed by atoms with Gasteiger partial charge in [0.1, 0.15) is 16.0 Å². The van der Waals surface area contributed by atoms with E-state index in [0.29, 0.717) is 0 Å². The number of ether oxygens (including phenoxy) is 2. The molecule has 1 aromatic carbocycles. The van der Waals surface area contributed by atoms with E-state index in [-0.39, 0.29) is 6.04 Å². The molecule has 2 rings (SSSR count). The van der Waals surface area contributed by atoms with E-state index in [1.165, 1.54) is 11.1 Å². The van der Waals surface area contributed by atoms with E-state index >= 15 is 0 Å². The Hall–Kier alpha value is -1.04. The van der Waals surface area contributed by atoms with Gasteiger partial charge in [-0.05, 0) is 63.9 Å². The van der Waals surface area contributed by atoms with E-state index < -0.39 is 0 Å². The van der Waals surface area contributed by atoms with Crippen molar-refractivity contribution in [2.45, 2.75) is 13.0 Å². The molecule has 0 radical (unpaired) electrons. The maximum absolute atomic E-state index is 5.58. The average molecular weight is 356 g/mol. The predicted molar refractivity (Wildman–Crippen MR) is 87.2 cm³/mol. The van der Waals surface area contributed by atoms with Crippen LogP contribution in [0.15, 0.2) is 27.4 Å². The molecule has 0 fully saturated rings. The molecular weight excluding hydrogens is 338 g/mol. The highest BCUT2D eigenvalue weighted by molar-refractivity contribution is 9.10. The molecule has 20 heavy (non-hydrogen) atoms. The highest BCUT2D eigenvalue weighted by Gasteiger charge is 2.22. The number of rotatable bonds is 5. The van der Waals surface area contributed by atoms with Crippen molar-refractivity contribution >= 4 is 27.3 Å². The number of nitrogens with one attached hydrogen (secondary N) is 1. The van der Waals surface area contributed by atoms with Gasteiger partial charge in [0.2, 0.25) is 0 Å². The number of aryl methyl sites for hydroxylation is 1. The van der Waals surface area contributed by atoms with Gasteiger partial charge in [-0.3, -0.25) is 0 Å². The Morgan fingerprint density at radius 2 is 1.90 bits per heavy atom. The molecular formula is C15H18BrNO2S. The molecule has 5 heteroatoms. The van der Waals surface area contributed by atoms with Crippen molar-refractivity contribution in [3.05, 3.63) is 44.1 Å². The zero-order valence-corrected chi connectivity index (χ0v) is 14.4. The van der Waals surface area contributed by atoms with Crippen molar-refractivity contribution < 1.29 is 9.47 Å². The lowest BCUT2D eigenvalue weighted by Gasteiger charge is -2.21. The number of hydrogen-bond acceptors (Lipinski definition) is 4. The Balaban J connectivity index is 2.56. The zero-order chi connectivity index (χ0) is 14.7. The predicted octanol–water partition coefficient (Wildman–Crippen LogP) is 4.15. The van der Waals surface area contributed by atoms with Crippen LogP contribution in [-0.2, 0) is 0 Å². The molecule has 1 unspecified atom stereocenters. The van der Waals surface area contributed by atoms with Gasteiger partial charge in [-0.1, -0.05) is 0 Å². The fraction of sp³-hybridized carbons (Fsp3) is 0.333. The molecule has 1 aromatic heterocycles. The summed E-state index contributed by atoms with van der Waals surface area (Å²) in [6.07, 6.45) is 0. The van der Waals surface area contributed by atoms with E-state index in [1.54, 1.807) is 25.6 Å². The number of hydrogen-bond donors (Lipinski definition) is 1. The maximum atomic E-state index is 5.58. The summed E-state index contributed by atoms with van der Waals surface area (Å²) in [6.45, 7) is 2.13. The number of thiophene rings is 1. The Morgan fingerprint density at radius 3 is 2.40 bits per heavy atom. The third-order valence-corrected chi connectivity index (χ3v) is 4.95. The number of methoxy groups -OCH3 is 2. The van der Waals surface area contributed by atoms with Crippen LogP contribution < -0.4 is 14.8 Å². The molecule has 0 bridgehead atoms. The Labute approximate surface area is 132 Å². The van der Waals surface area contributed by atoms with Gasteiger partial charge in [-0.25, -0.2) is 0 Å². The molecule has 0 amide bonds. The lowest BCUT2D eigenvalue weighted by atomic mass is 9.97. The van der Waals surface area contributed by atoms with Gasteiger partial charge >= 0.3 is 0 Å². The van der Waals surface area contributed by atoms with E-state index in [2.05, 4.69) is 38.9 Å². The minimum atomic E-state index is 0.0957. The summed E-state index contributed by atoms with van der Waals surface area (Å²) in [6, 6.07) is 4.09. The standard InChI is InChI=1S/C15H18BrNO2S/c1-9-7-20-8-11(9)14(17-2)10-5-6-12(18-3)13(16)15(10)19-4/h5-8,14,17H,1-4H3. The second-order valence-corrected chi connectivity index (χ2v) is 5.97. The SMILES string of the molecule is CNC(c1cscc1C)c1ccc(OC)c(Br)c1OC. The maximum Gasteiger partial charge on any atom is 0.141 e. The Kier molecular flexibility index (Phi) is 5.07. The van der Waals surface area contributed by atoms with Crippen molar-refractivity contribution in [1.29, 1.82) is 0 Å². The topological polar surface area (TPSA) is 30.5 Å². The van der Waals surface area contributed by atoms with Crippen molar-refractivity contribution in [2.75, 3.05) is 21.3 Å². The molecule has 0 spiro atoms. The fourth-order valence-corrected chi connectivity index (χ4v) is 3.85. The quantitative estimate of drug-likeness (QED) is 0.873. The summed E-state index contributed by atoms with van der Waals surface area (Å²) in [7, 11) is 5.29. The molecule has 0 aliphatic heterocycles. The van der Waals surface area contributed by atoms with Crippen molar-refractivity contribution in [3.63, 3.8) is 0 Å². The van der Waals surface area contributed by atoms with Crippen molar-refractivity contribution in [1.82, 2.24) is 5.32 Å². The van der Waals surface area contributed by atoms with Gasteiger partial charge < -0.3 is 14.8 Å².